The van der Waals surface area contributed by atoms with Crippen LogP contribution in [-0.4, -0.2) is 36.3 Å². The van der Waals surface area contributed by atoms with Crippen LogP contribution in [-0.2, 0) is 6.18 Å². The molecular formula is C22H14F4N6O. The Balaban J connectivity index is 1.56. The average molecular weight is 454 g/mol. The van der Waals surface area contributed by atoms with E-state index in [-0.39, 0.29) is 17.4 Å². The third-order valence-electron chi connectivity index (χ3n) is 5.07. The Kier molecular flexibility index (Phi) is 5.08. The zero-order chi connectivity index (χ0) is 23.0. The first-order valence-electron chi connectivity index (χ1n) is 9.78. The second kappa shape index (κ2) is 8.08. The van der Waals surface area contributed by atoms with Gasteiger partial charge in [-0.15, -0.1) is 5.10 Å². The summed E-state index contributed by atoms with van der Waals surface area (Å²) in [6, 6.07) is 7.07. The van der Waals surface area contributed by atoms with Crippen LogP contribution < -0.4 is 0 Å². The molecule has 0 spiro atoms. The SMILES string of the molecule is FC1C=CC=CC1n1nnc(-c2nc(-c3ccc(C(F)(F)F)cc3)no2)c1-c1ccncc1. The number of halogens is 4. The van der Waals surface area contributed by atoms with Gasteiger partial charge in [-0.3, -0.25) is 4.98 Å². The molecule has 5 rings (SSSR count). The minimum Gasteiger partial charge on any atom is -0.332 e. The van der Waals surface area contributed by atoms with Crippen LogP contribution in [0.15, 0.2) is 77.6 Å². The van der Waals surface area contributed by atoms with Gasteiger partial charge in [0.25, 0.3) is 5.89 Å². The molecule has 0 saturated carbocycles. The van der Waals surface area contributed by atoms with Crippen LogP contribution in [0.2, 0.25) is 0 Å². The molecule has 3 heterocycles. The van der Waals surface area contributed by atoms with Crippen molar-refractivity contribution < 1.29 is 22.1 Å². The predicted molar refractivity (Wildman–Crippen MR) is 109 cm³/mol. The van der Waals surface area contributed by atoms with Gasteiger partial charge in [-0.1, -0.05) is 40.7 Å². The predicted octanol–water partition coefficient (Wildman–Crippen LogP) is 5.08. The fourth-order valence-corrected chi connectivity index (χ4v) is 3.45. The lowest BCUT2D eigenvalue weighted by Gasteiger charge is -2.19. The summed E-state index contributed by atoms with van der Waals surface area (Å²) in [5.74, 6) is 0.0755. The molecule has 0 amide bonds. The van der Waals surface area contributed by atoms with E-state index in [1.165, 1.54) is 22.9 Å². The second-order valence-electron chi connectivity index (χ2n) is 7.17. The fourth-order valence-electron chi connectivity index (χ4n) is 3.45. The number of alkyl halides is 4. The van der Waals surface area contributed by atoms with Crippen molar-refractivity contribution >= 4 is 0 Å². The molecule has 0 saturated heterocycles. The topological polar surface area (TPSA) is 82.5 Å². The minimum atomic E-state index is -4.45. The highest BCUT2D eigenvalue weighted by molar-refractivity contribution is 5.74. The summed E-state index contributed by atoms with van der Waals surface area (Å²) in [5.41, 5.74) is 0.845. The maximum Gasteiger partial charge on any atom is 0.416 e. The lowest BCUT2D eigenvalue weighted by molar-refractivity contribution is -0.137. The summed E-state index contributed by atoms with van der Waals surface area (Å²) in [4.78, 5) is 8.29. The molecule has 0 fully saturated rings. The van der Waals surface area contributed by atoms with Crippen molar-refractivity contribution in [3.63, 3.8) is 0 Å². The molecule has 11 heteroatoms. The van der Waals surface area contributed by atoms with Crippen molar-refractivity contribution in [3.05, 3.63) is 78.7 Å². The van der Waals surface area contributed by atoms with Gasteiger partial charge in [-0.2, -0.15) is 18.2 Å². The first-order chi connectivity index (χ1) is 15.9. The first kappa shape index (κ1) is 20.7. The van der Waals surface area contributed by atoms with Crippen LogP contribution in [0.3, 0.4) is 0 Å². The zero-order valence-electron chi connectivity index (χ0n) is 16.7. The van der Waals surface area contributed by atoms with E-state index in [1.807, 2.05) is 0 Å². The summed E-state index contributed by atoms with van der Waals surface area (Å²) in [5, 5.41) is 12.2. The number of pyridine rings is 1. The lowest BCUT2D eigenvalue weighted by atomic mass is 10.1. The van der Waals surface area contributed by atoms with Gasteiger partial charge in [-0.05, 0) is 30.3 Å². The Morgan fingerprint density at radius 1 is 0.909 bits per heavy atom. The number of nitrogens with zero attached hydrogens (tertiary/aromatic N) is 6. The van der Waals surface area contributed by atoms with Gasteiger partial charge in [0.15, 0.2) is 5.69 Å². The molecule has 4 aromatic rings. The average Bonchev–Trinajstić information content (AvgIpc) is 3.47. The molecular weight excluding hydrogens is 440 g/mol. The van der Waals surface area contributed by atoms with E-state index in [1.54, 1.807) is 42.8 Å². The molecule has 0 aliphatic heterocycles. The van der Waals surface area contributed by atoms with Crippen molar-refractivity contribution in [2.24, 2.45) is 0 Å². The maximum atomic E-state index is 14.6. The summed E-state index contributed by atoms with van der Waals surface area (Å²) >= 11 is 0. The Morgan fingerprint density at radius 2 is 1.64 bits per heavy atom. The maximum absolute atomic E-state index is 14.6. The summed E-state index contributed by atoms with van der Waals surface area (Å²) in [6.07, 6.45) is 3.77. The fraction of sp³-hybridized carbons (Fsp3) is 0.136. The standard InChI is InChI=1S/C22H14F4N6O/c23-16-3-1-2-4-17(16)32-19(13-9-11-27-12-10-13)18(29-31-32)21-28-20(30-33-21)14-5-7-15(8-6-14)22(24,25)26/h1-12,16-17H. The highest BCUT2D eigenvalue weighted by Crippen LogP contribution is 2.35. The molecule has 166 valence electrons. The van der Waals surface area contributed by atoms with Crippen LogP contribution in [0.5, 0.6) is 0 Å². The van der Waals surface area contributed by atoms with Crippen LogP contribution in [0.1, 0.15) is 11.6 Å². The number of rotatable bonds is 4. The number of aromatic nitrogens is 6. The largest absolute Gasteiger partial charge is 0.416 e. The van der Waals surface area contributed by atoms with Gasteiger partial charge in [-0.25, -0.2) is 9.07 Å². The van der Waals surface area contributed by atoms with Gasteiger partial charge in [0.1, 0.15) is 17.9 Å². The molecule has 1 aromatic carbocycles. The van der Waals surface area contributed by atoms with E-state index in [2.05, 4.69) is 25.4 Å². The smallest absolute Gasteiger partial charge is 0.332 e. The van der Waals surface area contributed by atoms with Crippen LogP contribution >= 0.6 is 0 Å². The van der Waals surface area contributed by atoms with Gasteiger partial charge in [0.05, 0.1) is 5.56 Å². The summed E-state index contributed by atoms with van der Waals surface area (Å²) < 4.78 is 59.9. The molecule has 2 atom stereocenters. The zero-order valence-corrected chi connectivity index (χ0v) is 16.7. The van der Waals surface area contributed by atoms with Crippen molar-refractivity contribution in [2.75, 3.05) is 0 Å². The molecule has 1 aliphatic rings. The molecule has 7 nitrogen and oxygen atoms in total. The first-order valence-corrected chi connectivity index (χ1v) is 9.78. The monoisotopic (exact) mass is 454 g/mol. The Hall–Kier alpha value is -4.15. The van der Waals surface area contributed by atoms with Gasteiger partial charge < -0.3 is 4.52 Å². The summed E-state index contributed by atoms with van der Waals surface area (Å²) in [6.45, 7) is 0. The molecule has 2 unspecified atom stereocenters. The Labute approximate surface area is 184 Å². The molecule has 0 radical (unpaired) electrons. The van der Waals surface area contributed by atoms with E-state index in [0.717, 1.165) is 12.1 Å². The highest BCUT2D eigenvalue weighted by atomic mass is 19.4. The van der Waals surface area contributed by atoms with E-state index < -0.39 is 24.0 Å². The third-order valence-corrected chi connectivity index (χ3v) is 5.07. The Bertz CT molecular complexity index is 1330. The Morgan fingerprint density at radius 3 is 2.33 bits per heavy atom. The van der Waals surface area contributed by atoms with Crippen molar-refractivity contribution in [2.45, 2.75) is 18.4 Å². The molecule has 3 aromatic heterocycles. The number of benzene rings is 1. The van der Waals surface area contributed by atoms with Gasteiger partial charge in [0.2, 0.25) is 5.82 Å². The number of hydrogen-bond donors (Lipinski definition) is 0. The normalized spacial score (nSPS) is 18.1. The lowest BCUT2D eigenvalue weighted by Crippen LogP contribution is -2.20. The van der Waals surface area contributed by atoms with E-state index in [0.29, 0.717) is 16.8 Å². The van der Waals surface area contributed by atoms with Crippen molar-refractivity contribution in [1.82, 2.24) is 30.1 Å². The quantitative estimate of drug-likeness (QED) is 0.400. The van der Waals surface area contributed by atoms with E-state index in [9.17, 15) is 17.6 Å². The molecule has 0 bridgehead atoms. The van der Waals surface area contributed by atoms with Crippen molar-refractivity contribution in [3.8, 4) is 34.2 Å². The summed E-state index contributed by atoms with van der Waals surface area (Å²) in [7, 11) is 0. The third kappa shape index (κ3) is 3.93. The van der Waals surface area contributed by atoms with Crippen molar-refractivity contribution in [1.29, 1.82) is 0 Å². The van der Waals surface area contributed by atoms with E-state index in [4.69, 9.17) is 4.52 Å². The van der Waals surface area contributed by atoms with Crippen LogP contribution in [0.4, 0.5) is 17.6 Å². The second-order valence-corrected chi connectivity index (χ2v) is 7.17. The highest BCUT2D eigenvalue weighted by Gasteiger charge is 2.31. The molecule has 1 aliphatic carbocycles. The van der Waals surface area contributed by atoms with Crippen LogP contribution in [0.25, 0.3) is 34.2 Å². The number of hydrogen-bond acceptors (Lipinski definition) is 6. The minimum absolute atomic E-state index is 0.00583. The van der Waals surface area contributed by atoms with Gasteiger partial charge >= 0.3 is 6.18 Å². The van der Waals surface area contributed by atoms with Gasteiger partial charge in [0, 0.05) is 23.5 Å². The van der Waals surface area contributed by atoms with Crippen LogP contribution in [0, 0.1) is 0 Å². The molecule has 33 heavy (non-hydrogen) atoms. The van der Waals surface area contributed by atoms with E-state index >= 15 is 0 Å². The number of allylic oxidation sites excluding steroid dienone is 4. The molecule has 0 N–H and O–H groups in total.